The highest BCUT2D eigenvalue weighted by molar-refractivity contribution is 9.10. The van der Waals surface area contributed by atoms with Gasteiger partial charge in [-0.3, -0.25) is 0 Å². The monoisotopic (exact) mass is 310 g/mol. The molecule has 0 radical (unpaired) electrons. The lowest BCUT2D eigenvalue weighted by Gasteiger charge is -2.03. The fourth-order valence-corrected chi connectivity index (χ4v) is 2.16. The molecule has 0 unspecified atom stereocenters. The standard InChI is InChI=1S/C12H11BrN2O3/c1-3-8-7(13)4-5-9(14-8)11-10(12(16)17)6(2)15-18-11/h4-5H,3H2,1-2H3,(H,16,17). The lowest BCUT2D eigenvalue weighted by molar-refractivity contribution is 0.0696. The minimum Gasteiger partial charge on any atom is -0.477 e. The number of halogens is 1. The average molecular weight is 311 g/mol. The van der Waals surface area contributed by atoms with Crippen molar-refractivity contribution in [2.45, 2.75) is 20.3 Å². The molecule has 0 fully saturated rings. The summed E-state index contributed by atoms with van der Waals surface area (Å²) < 4.78 is 5.96. The number of rotatable bonds is 3. The van der Waals surface area contributed by atoms with Crippen LogP contribution in [-0.4, -0.2) is 21.2 Å². The van der Waals surface area contributed by atoms with Crippen molar-refractivity contribution in [3.05, 3.63) is 33.6 Å². The summed E-state index contributed by atoms with van der Waals surface area (Å²) in [6.07, 6.45) is 0.740. The van der Waals surface area contributed by atoms with Crippen LogP contribution in [0.5, 0.6) is 0 Å². The van der Waals surface area contributed by atoms with Gasteiger partial charge < -0.3 is 9.63 Å². The third-order valence-electron chi connectivity index (χ3n) is 2.56. The van der Waals surface area contributed by atoms with Crippen LogP contribution in [0, 0.1) is 6.92 Å². The number of aromatic carboxylic acids is 1. The molecule has 6 heteroatoms. The topological polar surface area (TPSA) is 76.2 Å². The van der Waals surface area contributed by atoms with E-state index in [0.29, 0.717) is 11.4 Å². The van der Waals surface area contributed by atoms with Crippen LogP contribution in [0.4, 0.5) is 0 Å². The zero-order valence-corrected chi connectivity index (χ0v) is 11.5. The van der Waals surface area contributed by atoms with Gasteiger partial charge in [-0.1, -0.05) is 12.1 Å². The fourth-order valence-electron chi connectivity index (χ4n) is 1.66. The van der Waals surface area contributed by atoms with E-state index in [4.69, 9.17) is 9.63 Å². The number of aromatic nitrogens is 2. The zero-order chi connectivity index (χ0) is 13.3. The maximum atomic E-state index is 11.2. The lowest BCUT2D eigenvalue weighted by atomic mass is 10.1. The highest BCUT2D eigenvalue weighted by Crippen LogP contribution is 2.27. The van der Waals surface area contributed by atoms with Gasteiger partial charge in [0.05, 0.1) is 11.4 Å². The van der Waals surface area contributed by atoms with E-state index < -0.39 is 5.97 Å². The van der Waals surface area contributed by atoms with Gasteiger partial charge in [0.15, 0.2) is 5.76 Å². The molecule has 0 aliphatic carbocycles. The summed E-state index contributed by atoms with van der Waals surface area (Å²) in [5.41, 5.74) is 1.73. The largest absolute Gasteiger partial charge is 0.477 e. The van der Waals surface area contributed by atoms with E-state index >= 15 is 0 Å². The molecular formula is C12H11BrN2O3. The van der Waals surface area contributed by atoms with Crippen molar-refractivity contribution < 1.29 is 14.4 Å². The van der Waals surface area contributed by atoms with Crippen molar-refractivity contribution in [1.82, 2.24) is 10.1 Å². The molecular weight excluding hydrogens is 300 g/mol. The first-order valence-electron chi connectivity index (χ1n) is 5.40. The predicted molar refractivity (Wildman–Crippen MR) is 68.5 cm³/mol. The smallest absolute Gasteiger partial charge is 0.341 e. The Labute approximate surface area is 112 Å². The van der Waals surface area contributed by atoms with Crippen LogP contribution < -0.4 is 0 Å². The molecule has 0 aliphatic heterocycles. The van der Waals surface area contributed by atoms with Crippen LogP contribution in [0.25, 0.3) is 11.5 Å². The molecule has 2 aromatic rings. The van der Waals surface area contributed by atoms with E-state index in [1.165, 1.54) is 0 Å². The molecule has 0 amide bonds. The molecule has 2 aromatic heterocycles. The lowest BCUT2D eigenvalue weighted by Crippen LogP contribution is -2.00. The van der Waals surface area contributed by atoms with Gasteiger partial charge in [0, 0.05) is 4.47 Å². The number of hydrogen-bond donors (Lipinski definition) is 1. The van der Waals surface area contributed by atoms with Crippen LogP contribution >= 0.6 is 15.9 Å². The summed E-state index contributed by atoms with van der Waals surface area (Å²) in [7, 11) is 0. The number of pyridine rings is 1. The quantitative estimate of drug-likeness (QED) is 0.942. The Balaban J connectivity index is 2.59. The van der Waals surface area contributed by atoms with Gasteiger partial charge in [-0.2, -0.15) is 0 Å². The van der Waals surface area contributed by atoms with Crippen LogP contribution in [0.2, 0.25) is 0 Å². The molecule has 2 heterocycles. The van der Waals surface area contributed by atoms with Crippen LogP contribution in [-0.2, 0) is 6.42 Å². The third-order valence-corrected chi connectivity index (χ3v) is 3.28. The normalized spacial score (nSPS) is 10.6. The van der Waals surface area contributed by atoms with Gasteiger partial charge >= 0.3 is 5.97 Å². The summed E-state index contributed by atoms with van der Waals surface area (Å²) in [6, 6.07) is 3.53. The van der Waals surface area contributed by atoms with Crippen LogP contribution in [0.15, 0.2) is 21.1 Å². The van der Waals surface area contributed by atoms with E-state index in [2.05, 4.69) is 26.1 Å². The number of carboxylic acid groups (broad SMARTS) is 1. The Hall–Kier alpha value is -1.69. The van der Waals surface area contributed by atoms with Crippen LogP contribution in [0.3, 0.4) is 0 Å². The molecule has 0 spiro atoms. The van der Waals surface area contributed by atoms with Gasteiger partial charge in [0.1, 0.15) is 11.3 Å². The maximum Gasteiger partial charge on any atom is 0.341 e. The molecule has 0 aliphatic rings. The Morgan fingerprint density at radius 1 is 1.50 bits per heavy atom. The molecule has 0 saturated heterocycles. The number of carbonyl (C=O) groups is 1. The Morgan fingerprint density at radius 3 is 2.83 bits per heavy atom. The molecule has 0 saturated carbocycles. The van der Waals surface area contributed by atoms with E-state index in [9.17, 15) is 4.79 Å². The first-order valence-corrected chi connectivity index (χ1v) is 6.19. The van der Waals surface area contributed by atoms with E-state index in [-0.39, 0.29) is 11.3 Å². The summed E-state index contributed by atoms with van der Waals surface area (Å²) in [5.74, 6) is -0.867. The van der Waals surface area contributed by atoms with E-state index in [0.717, 1.165) is 16.6 Å². The second-order valence-electron chi connectivity index (χ2n) is 3.76. The number of nitrogens with zero attached hydrogens (tertiary/aromatic N) is 2. The predicted octanol–water partition coefficient (Wildman–Crippen LogP) is 3.07. The first-order chi connectivity index (χ1) is 8.54. The van der Waals surface area contributed by atoms with Crippen molar-refractivity contribution in [2.24, 2.45) is 0 Å². The molecule has 5 nitrogen and oxygen atoms in total. The number of carboxylic acids is 1. The maximum absolute atomic E-state index is 11.2. The fraction of sp³-hybridized carbons (Fsp3) is 0.250. The minimum absolute atomic E-state index is 0.0619. The number of hydrogen-bond acceptors (Lipinski definition) is 4. The summed E-state index contributed by atoms with van der Waals surface area (Å²) in [6.45, 7) is 3.57. The highest BCUT2D eigenvalue weighted by atomic mass is 79.9. The van der Waals surface area contributed by atoms with E-state index in [1.54, 1.807) is 13.0 Å². The zero-order valence-electron chi connectivity index (χ0n) is 9.90. The summed E-state index contributed by atoms with van der Waals surface area (Å²) in [4.78, 5) is 15.5. The van der Waals surface area contributed by atoms with Crippen molar-refractivity contribution in [3.8, 4) is 11.5 Å². The second kappa shape index (κ2) is 4.89. The van der Waals surface area contributed by atoms with Gasteiger partial charge in [-0.25, -0.2) is 9.78 Å². The molecule has 0 atom stereocenters. The molecule has 94 valence electrons. The van der Waals surface area contributed by atoms with E-state index in [1.807, 2.05) is 13.0 Å². The third kappa shape index (κ3) is 2.15. The SMILES string of the molecule is CCc1nc(-c2onc(C)c2C(=O)O)ccc1Br. The summed E-state index contributed by atoms with van der Waals surface area (Å²) in [5, 5.41) is 12.8. The van der Waals surface area contributed by atoms with Gasteiger partial charge in [0.25, 0.3) is 0 Å². The minimum atomic E-state index is -1.06. The van der Waals surface area contributed by atoms with Crippen molar-refractivity contribution in [1.29, 1.82) is 0 Å². The highest BCUT2D eigenvalue weighted by Gasteiger charge is 2.22. The van der Waals surface area contributed by atoms with Gasteiger partial charge in [0.2, 0.25) is 0 Å². The molecule has 1 N–H and O–H groups in total. The molecule has 18 heavy (non-hydrogen) atoms. The van der Waals surface area contributed by atoms with Gasteiger partial charge in [-0.05, 0) is 41.4 Å². The number of aryl methyl sites for hydroxylation is 2. The van der Waals surface area contributed by atoms with Crippen molar-refractivity contribution >= 4 is 21.9 Å². The van der Waals surface area contributed by atoms with Gasteiger partial charge in [-0.15, -0.1) is 0 Å². The Morgan fingerprint density at radius 2 is 2.22 bits per heavy atom. The van der Waals surface area contributed by atoms with Crippen molar-refractivity contribution in [3.63, 3.8) is 0 Å². The molecule has 0 bridgehead atoms. The van der Waals surface area contributed by atoms with Crippen molar-refractivity contribution in [2.75, 3.05) is 0 Å². The van der Waals surface area contributed by atoms with Crippen LogP contribution in [0.1, 0.15) is 28.7 Å². The first kappa shape index (κ1) is 12.8. The second-order valence-corrected chi connectivity index (χ2v) is 4.61. The Kier molecular flexibility index (Phi) is 3.47. The molecule has 2 rings (SSSR count). The Bertz CT molecular complexity index is 607. The summed E-state index contributed by atoms with van der Waals surface area (Å²) >= 11 is 3.39. The molecule has 0 aromatic carbocycles. The average Bonchev–Trinajstić information content (AvgIpc) is 2.72.